The van der Waals surface area contributed by atoms with Crippen molar-refractivity contribution in [3.05, 3.63) is 59.7 Å². The van der Waals surface area contributed by atoms with Gasteiger partial charge >= 0.3 is 0 Å². The number of hydrogen-bond donors (Lipinski definition) is 3. The molecule has 0 aliphatic heterocycles. The second-order valence-electron chi connectivity index (χ2n) is 6.19. The Labute approximate surface area is 143 Å². The van der Waals surface area contributed by atoms with Crippen molar-refractivity contribution in [1.29, 1.82) is 0 Å². The summed E-state index contributed by atoms with van der Waals surface area (Å²) in [6.07, 6.45) is 1.58. The van der Waals surface area contributed by atoms with E-state index >= 15 is 0 Å². The average molecular weight is 327 g/mol. The van der Waals surface area contributed by atoms with Gasteiger partial charge in [-0.3, -0.25) is 4.79 Å². The zero-order chi connectivity index (χ0) is 17.5. The Balaban J connectivity index is 1.92. The summed E-state index contributed by atoms with van der Waals surface area (Å²) in [6, 6.07) is 14.8. The molecule has 128 valence electrons. The van der Waals surface area contributed by atoms with Gasteiger partial charge in [0.15, 0.2) is 11.5 Å². The van der Waals surface area contributed by atoms with Crippen molar-refractivity contribution in [2.75, 3.05) is 0 Å². The normalized spacial score (nSPS) is 13.2. The van der Waals surface area contributed by atoms with Crippen molar-refractivity contribution in [1.82, 2.24) is 5.32 Å². The molecule has 0 bridgehead atoms. The fraction of sp³-hybridized carbons (Fsp3) is 0.350. The van der Waals surface area contributed by atoms with Crippen LogP contribution in [0.1, 0.15) is 43.7 Å². The lowest BCUT2D eigenvalue weighted by Gasteiger charge is -2.20. The fourth-order valence-corrected chi connectivity index (χ4v) is 2.82. The van der Waals surface area contributed by atoms with Crippen LogP contribution in [-0.4, -0.2) is 16.1 Å². The van der Waals surface area contributed by atoms with E-state index in [0.29, 0.717) is 12.5 Å². The van der Waals surface area contributed by atoms with Gasteiger partial charge in [-0.05, 0) is 42.0 Å². The second-order valence-corrected chi connectivity index (χ2v) is 6.19. The second kappa shape index (κ2) is 8.39. The third-order valence-electron chi connectivity index (χ3n) is 4.38. The molecule has 0 saturated heterocycles. The lowest BCUT2D eigenvalue weighted by atomic mass is 9.88. The highest BCUT2D eigenvalue weighted by atomic mass is 16.3. The van der Waals surface area contributed by atoms with Crippen molar-refractivity contribution in [3.8, 4) is 11.5 Å². The van der Waals surface area contributed by atoms with Crippen molar-refractivity contribution in [3.63, 3.8) is 0 Å². The number of hydrogen-bond acceptors (Lipinski definition) is 3. The quantitative estimate of drug-likeness (QED) is 0.675. The molecule has 2 rings (SSSR count). The Morgan fingerprint density at radius 2 is 1.79 bits per heavy atom. The highest BCUT2D eigenvalue weighted by Gasteiger charge is 2.20. The molecule has 4 nitrogen and oxygen atoms in total. The van der Waals surface area contributed by atoms with Gasteiger partial charge in [0.2, 0.25) is 5.91 Å². The highest BCUT2D eigenvalue weighted by molar-refractivity contribution is 5.78. The van der Waals surface area contributed by atoms with E-state index in [-0.39, 0.29) is 23.3 Å². The van der Waals surface area contributed by atoms with Gasteiger partial charge in [0.05, 0.1) is 0 Å². The maximum atomic E-state index is 12.4. The van der Waals surface area contributed by atoms with Gasteiger partial charge in [-0.25, -0.2) is 0 Å². The summed E-state index contributed by atoms with van der Waals surface area (Å²) in [5.41, 5.74) is 2.00. The smallest absolute Gasteiger partial charge is 0.223 e. The monoisotopic (exact) mass is 327 g/mol. The summed E-state index contributed by atoms with van der Waals surface area (Å²) in [5, 5.41) is 21.7. The summed E-state index contributed by atoms with van der Waals surface area (Å²) in [5.74, 6) is -0.0435. The van der Waals surface area contributed by atoms with Gasteiger partial charge in [0.25, 0.3) is 0 Å². The number of carbonyl (C=O) groups is 1. The molecular formula is C20H25NO3. The molecule has 3 N–H and O–H groups in total. The lowest BCUT2D eigenvalue weighted by molar-refractivity contribution is -0.125. The van der Waals surface area contributed by atoms with Crippen LogP contribution in [-0.2, 0) is 11.3 Å². The lowest BCUT2D eigenvalue weighted by Crippen LogP contribution is -2.30. The molecule has 0 aliphatic rings. The van der Waals surface area contributed by atoms with Gasteiger partial charge in [-0.1, -0.05) is 50.2 Å². The summed E-state index contributed by atoms with van der Waals surface area (Å²) >= 11 is 0. The largest absolute Gasteiger partial charge is 0.504 e. The molecular weight excluding hydrogens is 302 g/mol. The first-order chi connectivity index (χ1) is 11.5. The van der Waals surface area contributed by atoms with E-state index in [1.807, 2.05) is 25.1 Å². The van der Waals surface area contributed by atoms with Crippen LogP contribution < -0.4 is 5.32 Å². The topological polar surface area (TPSA) is 69.6 Å². The molecule has 0 spiro atoms. The maximum Gasteiger partial charge on any atom is 0.223 e. The number of aromatic hydroxyl groups is 2. The number of phenolic OH excluding ortho intramolecular Hbond substituents is 2. The Morgan fingerprint density at radius 1 is 1.08 bits per heavy atom. The van der Waals surface area contributed by atoms with Gasteiger partial charge < -0.3 is 15.5 Å². The molecule has 2 unspecified atom stereocenters. The van der Waals surface area contributed by atoms with E-state index < -0.39 is 0 Å². The number of benzene rings is 2. The van der Waals surface area contributed by atoms with Crippen LogP contribution in [0, 0.1) is 5.92 Å². The van der Waals surface area contributed by atoms with Gasteiger partial charge in [-0.2, -0.15) is 0 Å². The zero-order valence-electron chi connectivity index (χ0n) is 14.2. The molecule has 2 atom stereocenters. The van der Waals surface area contributed by atoms with Crippen LogP contribution in [0.2, 0.25) is 0 Å². The highest BCUT2D eigenvalue weighted by Crippen LogP contribution is 2.26. The number of amides is 1. The number of rotatable bonds is 7. The SMILES string of the molecule is CCC(CC(C)c1ccccc1)C(=O)NCc1ccc(O)c(O)c1. The molecule has 0 saturated carbocycles. The maximum absolute atomic E-state index is 12.4. The van der Waals surface area contributed by atoms with Crippen molar-refractivity contribution >= 4 is 5.91 Å². The molecule has 0 aromatic heterocycles. The molecule has 2 aromatic carbocycles. The standard InChI is InChI=1S/C20H25NO3/c1-3-16(11-14(2)17-7-5-4-6-8-17)20(24)21-13-15-9-10-18(22)19(23)12-15/h4-10,12,14,16,22-23H,3,11,13H2,1-2H3,(H,21,24). The van der Waals surface area contributed by atoms with Crippen LogP contribution >= 0.6 is 0 Å². The predicted octanol–water partition coefficient (Wildman–Crippen LogP) is 3.93. The van der Waals surface area contributed by atoms with E-state index in [9.17, 15) is 15.0 Å². The summed E-state index contributed by atoms with van der Waals surface area (Å²) in [4.78, 5) is 12.4. The van der Waals surface area contributed by atoms with Crippen molar-refractivity contribution in [2.45, 2.75) is 39.2 Å². The minimum atomic E-state index is -0.175. The van der Waals surface area contributed by atoms with Crippen LogP contribution in [0.3, 0.4) is 0 Å². The Bertz CT molecular complexity index is 670. The van der Waals surface area contributed by atoms with Crippen LogP contribution in [0.5, 0.6) is 11.5 Å². The van der Waals surface area contributed by atoms with Crippen molar-refractivity contribution < 1.29 is 15.0 Å². The van der Waals surface area contributed by atoms with E-state index in [2.05, 4.69) is 24.4 Å². The first kappa shape index (κ1) is 17.9. The summed E-state index contributed by atoms with van der Waals surface area (Å²) in [6.45, 7) is 4.50. The molecule has 0 radical (unpaired) electrons. The van der Waals surface area contributed by atoms with Gasteiger partial charge in [0.1, 0.15) is 0 Å². The molecule has 1 amide bonds. The van der Waals surface area contributed by atoms with E-state index in [1.54, 1.807) is 6.07 Å². The van der Waals surface area contributed by atoms with Crippen LogP contribution in [0.15, 0.2) is 48.5 Å². The minimum absolute atomic E-state index is 0.0212. The molecule has 0 fully saturated rings. The minimum Gasteiger partial charge on any atom is -0.504 e. The Kier molecular flexibility index (Phi) is 6.24. The van der Waals surface area contributed by atoms with Crippen LogP contribution in [0.25, 0.3) is 0 Å². The fourth-order valence-electron chi connectivity index (χ4n) is 2.82. The molecule has 2 aromatic rings. The van der Waals surface area contributed by atoms with E-state index in [0.717, 1.165) is 18.4 Å². The molecule has 0 aliphatic carbocycles. The third kappa shape index (κ3) is 4.75. The molecule has 24 heavy (non-hydrogen) atoms. The molecule has 0 heterocycles. The third-order valence-corrected chi connectivity index (χ3v) is 4.38. The van der Waals surface area contributed by atoms with Crippen LogP contribution in [0.4, 0.5) is 0 Å². The number of phenols is 2. The Morgan fingerprint density at radius 3 is 2.42 bits per heavy atom. The number of nitrogens with one attached hydrogen (secondary N) is 1. The van der Waals surface area contributed by atoms with E-state index in [1.165, 1.54) is 17.7 Å². The zero-order valence-corrected chi connectivity index (χ0v) is 14.2. The predicted molar refractivity (Wildman–Crippen MR) is 94.9 cm³/mol. The Hall–Kier alpha value is -2.49. The van der Waals surface area contributed by atoms with Crippen molar-refractivity contribution in [2.24, 2.45) is 5.92 Å². The van der Waals surface area contributed by atoms with E-state index in [4.69, 9.17) is 0 Å². The summed E-state index contributed by atoms with van der Waals surface area (Å²) < 4.78 is 0. The summed E-state index contributed by atoms with van der Waals surface area (Å²) in [7, 11) is 0. The number of carbonyl (C=O) groups excluding carboxylic acids is 1. The molecule has 4 heteroatoms. The van der Waals surface area contributed by atoms with Gasteiger partial charge in [-0.15, -0.1) is 0 Å². The van der Waals surface area contributed by atoms with Gasteiger partial charge in [0, 0.05) is 12.5 Å². The average Bonchev–Trinajstić information content (AvgIpc) is 2.61. The first-order valence-electron chi connectivity index (χ1n) is 8.34. The first-order valence-corrected chi connectivity index (χ1v) is 8.34.